The summed E-state index contributed by atoms with van der Waals surface area (Å²) >= 11 is 0. The van der Waals surface area contributed by atoms with E-state index in [9.17, 15) is 0 Å². The van der Waals surface area contributed by atoms with Crippen molar-refractivity contribution in [3.8, 4) is 0 Å². The molecular weight excluding hydrogens is 228 g/mol. The average Bonchev–Trinajstić information content (AvgIpc) is 2.35. The number of benzene rings is 1. The second-order valence-electron chi connectivity index (χ2n) is 4.02. The van der Waals surface area contributed by atoms with Gasteiger partial charge in [0.05, 0.1) is 0 Å². The standard InChI is InChI=1S/C14H20O2Si/c1-4-13-6-5-7-14(10-13)8-9-16-17-12(2)11-15-3/h4-7,10,12H,1,8-9,11H2,2-3H3. The lowest BCUT2D eigenvalue weighted by molar-refractivity contribution is 0.192. The highest BCUT2D eigenvalue weighted by Crippen LogP contribution is 2.08. The van der Waals surface area contributed by atoms with Crippen LogP contribution in [0.3, 0.4) is 0 Å². The second-order valence-corrected chi connectivity index (χ2v) is 5.53. The fourth-order valence-corrected chi connectivity index (χ4v) is 2.27. The lowest BCUT2D eigenvalue weighted by atomic mass is 10.1. The van der Waals surface area contributed by atoms with E-state index >= 15 is 0 Å². The Morgan fingerprint density at radius 3 is 3.00 bits per heavy atom. The third kappa shape index (κ3) is 5.82. The molecule has 1 unspecified atom stereocenters. The second kappa shape index (κ2) is 8.23. The molecule has 3 heteroatoms. The zero-order chi connectivity index (χ0) is 12.5. The van der Waals surface area contributed by atoms with Crippen molar-refractivity contribution >= 4 is 15.8 Å². The van der Waals surface area contributed by atoms with Gasteiger partial charge in [0.1, 0.15) is 0 Å². The number of hydrogen-bond donors (Lipinski definition) is 0. The topological polar surface area (TPSA) is 18.5 Å². The van der Waals surface area contributed by atoms with Crippen molar-refractivity contribution in [2.75, 3.05) is 20.3 Å². The summed E-state index contributed by atoms with van der Waals surface area (Å²) in [5.74, 6) is 0. The van der Waals surface area contributed by atoms with E-state index in [4.69, 9.17) is 9.16 Å². The third-order valence-electron chi connectivity index (χ3n) is 2.38. The normalized spacial score (nSPS) is 12.4. The van der Waals surface area contributed by atoms with Crippen molar-refractivity contribution in [1.82, 2.24) is 0 Å². The van der Waals surface area contributed by atoms with E-state index in [2.05, 4.69) is 37.8 Å². The highest BCUT2D eigenvalue weighted by atomic mass is 28.2. The number of ether oxygens (including phenoxy) is 1. The van der Waals surface area contributed by atoms with Crippen LogP contribution in [0.4, 0.5) is 0 Å². The zero-order valence-corrected chi connectivity index (χ0v) is 11.6. The Hall–Kier alpha value is -0.903. The molecule has 0 saturated heterocycles. The molecule has 1 aromatic rings. The lowest BCUT2D eigenvalue weighted by Crippen LogP contribution is -2.12. The highest BCUT2D eigenvalue weighted by Gasteiger charge is 2.04. The van der Waals surface area contributed by atoms with Gasteiger partial charge in [0.25, 0.3) is 0 Å². The van der Waals surface area contributed by atoms with Crippen LogP contribution in [0.15, 0.2) is 30.8 Å². The molecule has 0 fully saturated rings. The Morgan fingerprint density at radius 1 is 1.47 bits per heavy atom. The third-order valence-corrected chi connectivity index (χ3v) is 3.32. The van der Waals surface area contributed by atoms with Gasteiger partial charge in [0.15, 0.2) is 0 Å². The molecule has 1 rings (SSSR count). The summed E-state index contributed by atoms with van der Waals surface area (Å²) in [6.07, 6.45) is 2.82. The van der Waals surface area contributed by atoms with Crippen molar-refractivity contribution in [2.45, 2.75) is 18.9 Å². The first kappa shape index (κ1) is 14.2. The minimum Gasteiger partial charge on any atom is -0.417 e. The number of hydrogen-bond acceptors (Lipinski definition) is 2. The molecule has 0 saturated carbocycles. The van der Waals surface area contributed by atoms with Crippen molar-refractivity contribution in [2.24, 2.45) is 0 Å². The van der Waals surface area contributed by atoms with E-state index in [1.165, 1.54) is 5.56 Å². The van der Waals surface area contributed by atoms with Gasteiger partial charge in [0.2, 0.25) is 9.76 Å². The largest absolute Gasteiger partial charge is 0.417 e. The van der Waals surface area contributed by atoms with Gasteiger partial charge in [0, 0.05) is 20.3 Å². The van der Waals surface area contributed by atoms with E-state index in [1.54, 1.807) is 7.11 Å². The summed E-state index contributed by atoms with van der Waals surface area (Å²) in [4.78, 5) is 0. The predicted molar refractivity (Wildman–Crippen MR) is 73.2 cm³/mol. The van der Waals surface area contributed by atoms with Gasteiger partial charge in [-0.15, -0.1) is 0 Å². The molecule has 17 heavy (non-hydrogen) atoms. The SMILES string of the molecule is C=Cc1cccc(CCO[Si]C(C)COC)c1. The minimum absolute atomic E-state index is 0.486. The van der Waals surface area contributed by atoms with Crippen LogP contribution < -0.4 is 0 Å². The Morgan fingerprint density at radius 2 is 2.29 bits per heavy atom. The molecule has 0 spiro atoms. The van der Waals surface area contributed by atoms with Gasteiger partial charge in [-0.3, -0.25) is 0 Å². The molecule has 0 aliphatic carbocycles. The quantitative estimate of drug-likeness (QED) is 0.520. The molecule has 0 aromatic heterocycles. The molecule has 0 aliphatic rings. The maximum absolute atomic E-state index is 5.65. The summed E-state index contributed by atoms with van der Waals surface area (Å²) < 4.78 is 10.7. The van der Waals surface area contributed by atoms with Crippen LogP contribution in [0.2, 0.25) is 5.54 Å². The Kier molecular flexibility index (Phi) is 6.85. The summed E-state index contributed by atoms with van der Waals surface area (Å²) in [5.41, 5.74) is 2.95. The van der Waals surface area contributed by atoms with Crippen LogP contribution in [0.25, 0.3) is 6.08 Å². The number of methoxy groups -OCH3 is 1. The molecule has 1 aromatic carbocycles. The van der Waals surface area contributed by atoms with Crippen LogP contribution in [0, 0.1) is 0 Å². The van der Waals surface area contributed by atoms with Crippen molar-refractivity contribution < 1.29 is 9.16 Å². The summed E-state index contributed by atoms with van der Waals surface area (Å²) in [6.45, 7) is 7.45. The first-order valence-electron chi connectivity index (χ1n) is 5.84. The van der Waals surface area contributed by atoms with Gasteiger partial charge < -0.3 is 9.16 Å². The molecule has 0 amide bonds. The van der Waals surface area contributed by atoms with Crippen LogP contribution >= 0.6 is 0 Å². The van der Waals surface area contributed by atoms with Crippen molar-refractivity contribution in [1.29, 1.82) is 0 Å². The van der Waals surface area contributed by atoms with Gasteiger partial charge in [-0.2, -0.15) is 0 Å². The molecule has 2 radical (unpaired) electrons. The van der Waals surface area contributed by atoms with E-state index < -0.39 is 0 Å². The maximum Gasteiger partial charge on any atom is 0.235 e. The monoisotopic (exact) mass is 248 g/mol. The van der Waals surface area contributed by atoms with Crippen molar-refractivity contribution in [3.05, 3.63) is 42.0 Å². The minimum atomic E-state index is 0.486. The Bertz CT molecular complexity index is 339. The fourth-order valence-electron chi connectivity index (χ4n) is 1.53. The molecule has 0 N–H and O–H groups in total. The smallest absolute Gasteiger partial charge is 0.235 e. The summed E-state index contributed by atoms with van der Waals surface area (Å²) in [5, 5.41) is 0. The van der Waals surface area contributed by atoms with E-state index in [1.807, 2.05) is 6.08 Å². The predicted octanol–water partition coefficient (Wildman–Crippen LogP) is 2.96. The van der Waals surface area contributed by atoms with E-state index in [0.717, 1.165) is 25.2 Å². The van der Waals surface area contributed by atoms with Crippen LogP contribution in [-0.2, 0) is 15.6 Å². The van der Waals surface area contributed by atoms with Gasteiger partial charge in [-0.1, -0.05) is 43.8 Å². The molecule has 92 valence electrons. The van der Waals surface area contributed by atoms with E-state index in [0.29, 0.717) is 15.3 Å². The highest BCUT2D eigenvalue weighted by molar-refractivity contribution is 6.29. The maximum atomic E-state index is 5.65. The first-order valence-corrected chi connectivity index (χ1v) is 6.82. The van der Waals surface area contributed by atoms with Gasteiger partial charge in [-0.25, -0.2) is 0 Å². The average molecular weight is 248 g/mol. The van der Waals surface area contributed by atoms with Gasteiger partial charge >= 0.3 is 0 Å². The molecular formula is C14H20O2Si. The van der Waals surface area contributed by atoms with Gasteiger partial charge in [-0.05, 0) is 23.1 Å². The van der Waals surface area contributed by atoms with Crippen LogP contribution in [0.5, 0.6) is 0 Å². The molecule has 0 bridgehead atoms. The van der Waals surface area contributed by atoms with E-state index in [-0.39, 0.29) is 0 Å². The van der Waals surface area contributed by atoms with Crippen LogP contribution in [0.1, 0.15) is 18.1 Å². The summed E-state index contributed by atoms with van der Waals surface area (Å²) in [7, 11) is 2.24. The lowest BCUT2D eigenvalue weighted by Gasteiger charge is -2.09. The Labute approximate surface area is 107 Å². The molecule has 0 aliphatic heterocycles. The van der Waals surface area contributed by atoms with Crippen LogP contribution in [-0.4, -0.2) is 30.1 Å². The molecule has 1 atom stereocenters. The Balaban J connectivity index is 2.23. The molecule has 2 nitrogen and oxygen atoms in total. The fraction of sp³-hybridized carbons (Fsp3) is 0.429. The van der Waals surface area contributed by atoms with Crippen molar-refractivity contribution in [3.63, 3.8) is 0 Å². The molecule has 0 heterocycles. The zero-order valence-electron chi connectivity index (χ0n) is 10.6. The number of rotatable bonds is 8. The summed E-state index contributed by atoms with van der Waals surface area (Å²) in [6, 6.07) is 8.39. The first-order chi connectivity index (χ1) is 8.26.